The summed E-state index contributed by atoms with van der Waals surface area (Å²) < 4.78 is 81.5. The molecule has 3 aliphatic rings. The summed E-state index contributed by atoms with van der Waals surface area (Å²) in [6.07, 6.45) is 1.94. The lowest BCUT2D eigenvalue weighted by Crippen LogP contribution is -2.59. The van der Waals surface area contributed by atoms with Gasteiger partial charge in [0, 0.05) is 23.5 Å². The van der Waals surface area contributed by atoms with Gasteiger partial charge in [-0.1, -0.05) is 68.3 Å². The Morgan fingerprint density at radius 2 is 1.56 bits per heavy atom. The molecule has 4 atom stereocenters. The highest BCUT2D eigenvalue weighted by Crippen LogP contribution is 2.65. The first-order valence-corrected chi connectivity index (χ1v) is 23.0. The molecule has 0 radical (unpaired) electrons. The number of hydrogen-bond acceptors (Lipinski definition) is 10. The molecule has 2 heterocycles. The molecule has 3 aromatic carbocycles. The zero-order chi connectivity index (χ0) is 38.1. The first kappa shape index (κ1) is 38.4. The quantitative estimate of drug-likeness (QED) is 0.133. The zero-order valence-corrected chi connectivity index (χ0v) is 33.7. The van der Waals surface area contributed by atoms with E-state index in [1.807, 2.05) is 19.9 Å². The van der Waals surface area contributed by atoms with Crippen molar-refractivity contribution in [2.75, 3.05) is 13.7 Å². The Labute approximate surface area is 308 Å². The van der Waals surface area contributed by atoms with Crippen molar-refractivity contribution in [2.24, 2.45) is 4.99 Å². The molecule has 52 heavy (non-hydrogen) atoms. The highest BCUT2D eigenvalue weighted by molar-refractivity contribution is 7.90. The van der Waals surface area contributed by atoms with Crippen LogP contribution in [0.15, 0.2) is 93.2 Å². The number of benzene rings is 3. The van der Waals surface area contributed by atoms with Gasteiger partial charge in [-0.15, -0.1) is 0 Å². The minimum absolute atomic E-state index is 0.00880. The van der Waals surface area contributed by atoms with Crippen molar-refractivity contribution in [1.29, 1.82) is 0 Å². The van der Waals surface area contributed by atoms with Crippen LogP contribution in [0.3, 0.4) is 0 Å². The van der Waals surface area contributed by atoms with Crippen molar-refractivity contribution in [2.45, 2.75) is 105 Å². The number of aliphatic hydroxyl groups is 1. The van der Waals surface area contributed by atoms with Crippen molar-refractivity contribution in [3.8, 4) is 5.75 Å². The minimum Gasteiger partial charge on any atom is -0.496 e. The summed E-state index contributed by atoms with van der Waals surface area (Å²) in [4.78, 5) is 5.02. The topological polar surface area (TPSA) is 150 Å². The van der Waals surface area contributed by atoms with Gasteiger partial charge in [0.1, 0.15) is 17.2 Å². The lowest BCUT2D eigenvalue weighted by Gasteiger charge is -2.51. The first-order valence-electron chi connectivity index (χ1n) is 17.2. The van der Waals surface area contributed by atoms with E-state index in [0.29, 0.717) is 22.4 Å². The Bertz CT molecular complexity index is 2160. The number of aryl methyl sites for hydroxylation is 2. The van der Waals surface area contributed by atoms with E-state index in [1.165, 1.54) is 24.3 Å². The van der Waals surface area contributed by atoms with Crippen LogP contribution in [0.25, 0.3) is 0 Å². The number of nitrogens with zero attached hydrogens (tertiary/aromatic N) is 1. The molecular formula is C38H48N2O9S2Si. The maximum atomic E-state index is 13.8. The molecule has 0 saturated carbocycles. The lowest BCUT2D eigenvalue weighted by atomic mass is 9.70. The number of aliphatic imine (C=N–C) groups is 1. The van der Waals surface area contributed by atoms with Crippen molar-refractivity contribution < 1.29 is 40.0 Å². The summed E-state index contributed by atoms with van der Waals surface area (Å²) in [5.41, 5.74) is 0.446. The highest BCUT2D eigenvalue weighted by Gasteiger charge is 2.70. The van der Waals surface area contributed by atoms with E-state index in [-0.39, 0.29) is 40.1 Å². The van der Waals surface area contributed by atoms with Crippen LogP contribution in [0.5, 0.6) is 5.75 Å². The normalized spacial score (nSPS) is 25.8. The van der Waals surface area contributed by atoms with Gasteiger partial charge in [-0.25, -0.2) is 13.4 Å². The van der Waals surface area contributed by atoms with Crippen LogP contribution < -0.4 is 9.46 Å². The number of amidine groups is 1. The molecule has 11 nitrogen and oxygen atoms in total. The molecule has 2 bridgehead atoms. The van der Waals surface area contributed by atoms with Gasteiger partial charge < -0.3 is 19.0 Å². The summed E-state index contributed by atoms with van der Waals surface area (Å²) in [6.45, 7) is 15.6. The second-order valence-corrected chi connectivity index (χ2v) is 23.7. The van der Waals surface area contributed by atoms with Gasteiger partial charge in [0.15, 0.2) is 14.0 Å². The average Bonchev–Trinajstić information content (AvgIpc) is 3.52. The summed E-state index contributed by atoms with van der Waals surface area (Å²) in [5, 5.41) is 12.6. The van der Waals surface area contributed by atoms with Crippen LogP contribution >= 0.6 is 0 Å². The molecule has 2 N–H and O–H groups in total. The number of sulfonamides is 1. The smallest absolute Gasteiger partial charge is 0.296 e. The fourth-order valence-electron chi connectivity index (χ4n) is 6.92. The minimum atomic E-state index is -4.14. The van der Waals surface area contributed by atoms with Crippen LogP contribution in [0.4, 0.5) is 0 Å². The van der Waals surface area contributed by atoms with E-state index >= 15 is 0 Å². The molecule has 0 aromatic heterocycles. The van der Waals surface area contributed by atoms with Crippen LogP contribution in [-0.4, -0.2) is 61.1 Å². The molecular weight excluding hydrogens is 721 g/mol. The molecule has 14 heteroatoms. The van der Waals surface area contributed by atoms with Crippen LogP contribution in [0, 0.1) is 13.8 Å². The molecule has 3 aromatic rings. The second kappa shape index (κ2) is 12.9. The Hall–Kier alpha value is -3.37. The number of rotatable bonds is 10. The maximum Gasteiger partial charge on any atom is 0.296 e. The van der Waals surface area contributed by atoms with Gasteiger partial charge in [0.25, 0.3) is 20.1 Å². The lowest BCUT2D eigenvalue weighted by molar-refractivity contribution is -0.283. The third-order valence-electron chi connectivity index (χ3n) is 10.9. The third-order valence-corrected chi connectivity index (χ3v) is 18.0. The predicted octanol–water partition coefficient (Wildman–Crippen LogP) is 6.56. The summed E-state index contributed by atoms with van der Waals surface area (Å²) in [7, 11) is -9.36. The number of hydrogen-bond donors (Lipinski definition) is 2. The molecule has 1 saturated heterocycles. The fourth-order valence-corrected chi connectivity index (χ4v) is 10.2. The second-order valence-electron chi connectivity index (χ2n) is 15.7. The van der Waals surface area contributed by atoms with Gasteiger partial charge >= 0.3 is 0 Å². The van der Waals surface area contributed by atoms with Crippen molar-refractivity contribution >= 4 is 34.3 Å². The van der Waals surface area contributed by atoms with Crippen LogP contribution in [0.1, 0.15) is 68.7 Å². The highest BCUT2D eigenvalue weighted by atomic mass is 32.2. The Morgan fingerprint density at radius 1 is 0.962 bits per heavy atom. The predicted molar refractivity (Wildman–Crippen MR) is 201 cm³/mol. The molecule has 6 rings (SSSR count). The average molecular weight is 769 g/mol. The molecule has 2 aliphatic heterocycles. The Morgan fingerprint density at radius 3 is 2.13 bits per heavy atom. The zero-order valence-electron chi connectivity index (χ0n) is 31.1. The van der Waals surface area contributed by atoms with Gasteiger partial charge in [0.2, 0.25) is 5.79 Å². The van der Waals surface area contributed by atoms with Gasteiger partial charge in [-0.3, -0.25) is 8.91 Å². The number of ether oxygens (including phenoxy) is 2. The van der Waals surface area contributed by atoms with Crippen LogP contribution in [-0.2, 0) is 39.3 Å². The van der Waals surface area contributed by atoms with Crippen molar-refractivity contribution in [1.82, 2.24) is 4.72 Å². The van der Waals surface area contributed by atoms with E-state index in [9.17, 15) is 21.9 Å². The SMILES string of the molecule is COc1cccc2c1[C@@H]1C[C@@](C)(O[C@@]13C=C(CCOS(=O)(=O)c1ccc(C)cc1)C(NS(=O)(=O)c1ccc(C)cc1)=N3)[C@]2(O)O[Si](C)(C)C(C)(C)C. The largest absolute Gasteiger partial charge is 0.496 e. The van der Waals surface area contributed by atoms with E-state index in [2.05, 4.69) is 38.6 Å². The summed E-state index contributed by atoms with van der Waals surface area (Å²) >= 11 is 0. The maximum absolute atomic E-state index is 13.8. The molecule has 1 spiro atoms. The van der Waals surface area contributed by atoms with Gasteiger partial charge in [-0.05, 0) is 87.3 Å². The summed E-state index contributed by atoms with van der Waals surface area (Å²) in [5.74, 6) is -1.98. The van der Waals surface area contributed by atoms with E-state index in [4.69, 9.17) is 23.1 Å². The van der Waals surface area contributed by atoms with E-state index in [1.54, 1.807) is 56.5 Å². The number of methoxy groups -OCH3 is 1. The van der Waals surface area contributed by atoms with E-state index < -0.39 is 51.5 Å². The Kier molecular flexibility index (Phi) is 9.51. The number of nitrogens with one attached hydrogen (secondary N) is 1. The number of fused-ring (bicyclic) bond motifs is 5. The molecule has 0 amide bonds. The van der Waals surface area contributed by atoms with Gasteiger partial charge in [0.05, 0.1) is 23.5 Å². The van der Waals surface area contributed by atoms with Gasteiger partial charge in [-0.2, -0.15) is 8.42 Å². The molecule has 1 aliphatic carbocycles. The Balaban J connectivity index is 1.44. The van der Waals surface area contributed by atoms with E-state index in [0.717, 1.165) is 11.1 Å². The molecule has 1 fully saturated rings. The fraction of sp³-hybridized carbons (Fsp3) is 0.447. The first-order chi connectivity index (χ1) is 24.1. The summed E-state index contributed by atoms with van der Waals surface area (Å²) in [6, 6.07) is 18.1. The molecule has 280 valence electrons. The monoisotopic (exact) mass is 768 g/mol. The molecule has 0 unspecified atom stereocenters. The standard InChI is InChI=1S/C38H48N2O9S2Si/c1-25-13-17-28(18-14-25)50(42,43)40-34-27(21-22-47-51(44,45)29-19-15-26(2)16-20-29)23-37(39-34)31-24-36(6,48-37)38(41,49-52(8,9)35(3,4)5)30-11-10-12-32(46-7)33(30)31/h10-20,23,31,41H,21-22,24H2,1-9H3,(H,39,40)/t31-,36+,37-,38+/m0/s1. The van der Waals surface area contributed by atoms with Crippen LogP contribution in [0.2, 0.25) is 18.1 Å². The van der Waals surface area contributed by atoms with Crippen molar-refractivity contribution in [3.63, 3.8) is 0 Å². The van der Waals surface area contributed by atoms with Crippen molar-refractivity contribution in [3.05, 3.63) is 101 Å². The third kappa shape index (κ3) is 6.56.